The van der Waals surface area contributed by atoms with Gasteiger partial charge in [-0.05, 0) is 0 Å². The summed E-state index contributed by atoms with van der Waals surface area (Å²) >= 11 is 0. The molecular weight excluding hydrogens is 283 g/mol. The van der Waals surface area contributed by atoms with Crippen LogP contribution >= 0.6 is 0 Å². The van der Waals surface area contributed by atoms with Gasteiger partial charge in [0.05, 0.1) is 12.9 Å². The maximum Gasteiger partial charge on any atom is 0.223 e. The highest BCUT2D eigenvalue weighted by Crippen LogP contribution is 2.33. The molecule has 0 spiro atoms. The molecule has 4 atom stereocenters. The van der Waals surface area contributed by atoms with Crippen LogP contribution in [-0.2, 0) is 4.74 Å². The summed E-state index contributed by atoms with van der Waals surface area (Å²) < 4.78 is 20.6. The number of hydrogen-bond donors (Lipinski definition) is 3. The summed E-state index contributed by atoms with van der Waals surface area (Å²) in [5, 5.41) is 27.7. The molecule has 1 aliphatic heterocycles. The molecule has 1 fully saturated rings. The van der Waals surface area contributed by atoms with Crippen molar-refractivity contribution in [3.8, 4) is 6.07 Å². The second-order valence-electron chi connectivity index (χ2n) is 4.55. The van der Waals surface area contributed by atoms with Gasteiger partial charge in [-0.1, -0.05) is 0 Å². The Hall–Kier alpha value is -2.35. The summed E-state index contributed by atoms with van der Waals surface area (Å²) in [5.41, 5.74) is 5.75. The van der Waals surface area contributed by atoms with E-state index in [1.807, 2.05) is 6.07 Å². The van der Waals surface area contributed by atoms with Crippen LogP contribution in [-0.4, -0.2) is 54.7 Å². The lowest BCUT2D eigenvalue weighted by Gasteiger charge is -2.15. The van der Waals surface area contributed by atoms with E-state index < -0.39 is 31.2 Å². The van der Waals surface area contributed by atoms with E-state index in [0.29, 0.717) is 0 Å². The number of nitrogens with zero attached hydrogens (tertiary/aromatic N) is 5. The lowest BCUT2D eigenvalue weighted by Crippen LogP contribution is -2.30. The second kappa shape index (κ2) is 4.88. The van der Waals surface area contributed by atoms with Gasteiger partial charge in [-0.3, -0.25) is 4.57 Å². The van der Waals surface area contributed by atoms with Crippen LogP contribution in [0.3, 0.4) is 0 Å². The van der Waals surface area contributed by atoms with Gasteiger partial charge in [-0.15, -0.1) is 0 Å². The number of alkyl halides is 1. The molecule has 110 valence electrons. The van der Waals surface area contributed by atoms with E-state index in [2.05, 4.69) is 15.0 Å². The van der Waals surface area contributed by atoms with Crippen LogP contribution in [0.5, 0.6) is 0 Å². The van der Waals surface area contributed by atoms with Crippen molar-refractivity contribution in [2.75, 3.05) is 12.3 Å². The highest BCUT2D eigenvalue weighted by Gasteiger charge is 2.45. The highest BCUT2D eigenvalue weighted by atomic mass is 19.1. The molecule has 4 unspecified atom stereocenters. The van der Waals surface area contributed by atoms with Crippen molar-refractivity contribution in [3.05, 3.63) is 12.0 Å². The third-order valence-corrected chi connectivity index (χ3v) is 3.29. The van der Waals surface area contributed by atoms with Crippen molar-refractivity contribution in [1.82, 2.24) is 19.5 Å². The predicted molar refractivity (Wildman–Crippen MR) is 66.3 cm³/mol. The van der Waals surface area contributed by atoms with Crippen molar-refractivity contribution >= 4 is 17.1 Å². The van der Waals surface area contributed by atoms with Gasteiger partial charge in [0, 0.05) is 0 Å². The number of ether oxygens (including phenoxy) is 1. The first-order chi connectivity index (χ1) is 10.1. The number of aliphatic hydroxyl groups excluding tert-OH is 2. The molecule has 0 aliphatic carbocycles. The zero-order valence-electron chi connectivity index (χ0n) is 10.6. The smallest absolute Gasteiger partial charge is 0.223 e. The van der Waals surface area contributed by atoms with Crippen LogP contribution in [0, 0.1) is 11.3 Å². The molecule has 0 bridgehead atoms. The van der Waals surface area contributed by atoms with E-state index in [9.17, 15) is 9.50 Å². The van der Waals surface area contributed by atoms with Crippen LogP contribution in [0.15, 0.2) is 6.33 Å². The number of anilines is 1. The van der Waals surface area contributed by atoms with Gasteiger partial charge in [0.25, 0.3) is 0 Å². The fourth-order valence-electron chi connectivity index (χ4n) is 2.28. The summed E-state index contributed by atoms with van der Waals surface area (Å²) in [6.07, 6.45) is -4.28. The molecular formula is C11H11FN6O3. The van der Waals surface area contributed by atoms with Gasteiger partial charge in [0.15, 0.2) is 23.7 Å². The number of imidazole rings is 1. The van der Waals surface area contributed by atoms with Crippen molar-refractivity contribution in [2.45, 2.75) is 24.6 Å². The minimum absolute atomic E-state index is 0.0380. The number of nitrogen functional groups attached to an aromatic ring is 1. The molecule has 3 rings (SSSR count). The van der Waals surface area contributed by atoms with Crippen LogP contribution in [0.1, 0.15) is 11.9 Å². The molecule has 9 nitrogen and oxygen atoms in total. The van der Waals surface area contributed by atoms with Gasteiger partial charge in [0.2, 0.25) is 5.95 Å². The first-order valence-corrected chi connectivity index (χ1v) is 6.05. The molecule has 2 aromatic heterocycles. The summed E-state index contributed by atoms with van der Waals surface area (Å²) in [7, 11) is 0. The fourth-order valence-corrected chi connectivity index (χ4v) is 2.28. The van der Waals surface area contributed by atoms with Gasteiger partial charge >= 0.3 is 0 Å². The van der Waals surface area contributed by atoms with Gasteiger partial charge in [-0.2, -0.15) is 15.2 Å². The van der Waals surface area contributed by atoms with E-state index in [1.165, 1.54) is 10.9 Å². The first kappa shape index (κ1) is 13.6. The van der Waals surface area contributed by atoms with Crippen molar-refractivity contribution < 1.29 is 19.3 Å². The molecule has 1 aliphatic rings. The van der Waals surface area contributed by atoms with Crippen LogP contribution in [0.4, 0.5) is 10.3 Å². The lowest BCUT2D eigenvalue weighted by molar-refractivity contribution is -0.0459. The zero-order valence-corrected chi connectivity index (χ0v) is 10.6. The number of aliphatic hydroxyl groups is 2. The molecule has 0 saturated carbocycles. The van der Waals surface area contributed by atoms with Gasteiger partial charge < -0.3 is 20.7 Å². The lowest BCUT2D eigenvalue weighted by atomic mass is 10.1. The molecule has 0 radical (unpaired) electrons. The monoisotopic (exact) mass is 294 g/mol. The van der Waals surface area contributed by atoms with Crippen LogP contribution in [0.2, 0.25) is 0 Å². The number of halogens is 1. The Labute approximate surface area is 117 Å². The SMILES string of the molecule is N#Cc1nc(N)nc2c1ncn2C1OC(CO)C(O)C1F. The number of fused-ring (bicyclic) bond motifs is 1. The quantitative estimate of drug-likeness (QED) is 0.631. The van der Waals surface area contributed by atoms with Crippen molar-refractivity contribution in [1.29, 1.82) is 5.26 Å². The Kier molecular flexibility index (Phi) is 3.17. The maximum atomic E-state index is 14.1. The average Bonchev–Trinajstić information content (AvgIpc) is 3.01. The zero-order chi connectivity index (χ0) is 15.1. The molecule has 0 amide bonds. The molecule has 21 heavy (non-hydrogen) atoms. The van der Waals surface area contributed by atoms with Crippen molar-refractivity contribution in [3.63, 3.8) is 0 Å². The van der Waals surface area contributed by atoms with Crippen molar-refractivity contribution in [2.24, 2.45) is 0 Å². The molecule has 3 heterocycles. The number of aromatic nitrogens is 4. The number of rotatable bonds is 2. The highest BCUT2D eigenvalue weighted by molar-refractivity contribution is 5.77. The Balaban J connectivity index is 2.10. The van der Waals surface area contributed by atoms with E-state index in [0.717, 1.165) is 0 Å². The topological polar surface area (TPSA) is 143 Å². The molecule has 2 aromatic rings. The largest absolute Gasteiger partial charge is 0.394 e. The van der Waals surface area contributed by atoms with E-state index in [-0.39, 0.29) is 22.8 Å². The second-order valence-corrected chi connectivity index (χ2v) is 4.55. The molecule has 1 saturated heterocycles. The summed E-state index contributed by atoms with van der Waals surface area (Å²) in [5.74, 6) is -0.159. The number of hydrogen-bond acceptors (Lipinski definition) is 8. The normalized spacial score (nSPS) is 28.9. The standard InChI is InChI=1S/C11H11FN6O3/c12-6-8(20)5(2-19)21-10(6)18-3-15-7-4(1-13)16-11(14)17-9(7)18/h3,5-6,8,10,19-20H,2H2,(H2,14,16,17). The van der Waals surface area contributed by atoms with Gasteiger partial charge in [-0.25, -0.2) is 9.37 Å². The Morgan fingerprint density at radius 2 is 2.29 bits per heavy atom. The fraction of sp³-hybridized carbons (Fsp3) is 0.455. The van der Waals surface area contributed by atoms with Crippen LogP contribution < -0.4 is 5.73 Å². The average molecular weight is 294 g/mol. The summed E-state index contributed by atoms with van der Waals surface area (Å²) in [4.78, 5) is 11.6. The summed E-state index contributed by atoms with van der Waals surface area (Å²) in [6.45, 7) is -0.523. The Morgan fingerprint density at radius 1 is 1.52 bits per heavy atom. The molecule has 0 aromatic carbocycles. The van der Waals surface area contributed by atoms with E-state index in [1.54, 1.807) is 0 Å². The van der Waals surface area contributed by atoms with Gasteiger partial charge in [0.1, 0.15) is 23.8 Å². The minimum Gasteiger partial charge on any atom is -0.394 e. The van der Waals surface area contributed by atoms with E-state index in [4.69, 9.17) is 20.8 Å². The van der Waals surface area contributed by atoms with Crippen LogP contribution in [0.25, 0.3) is 11.2 Å². The predicted octanol–water partition coefficient (Wildman–Crippen LogP) is -1.13. The number of nitrogens with two attached hydrogens (primary N) is 1. The molecule has 4 N–H and O–H groups in total. The summed E-state index contributed by atoms with van der Waals surface area (Å²) in [6, 6.07) is 1.82. The maximum absolute atomic E-state index is 14.1. The molecule has 10 heteroatoms. The third kappa shape index (κ3) is 1.99. The third-order valence-electron chi connectivity index (χ3n) is 3.29. The van der Waals surface area contributed by atoms with E-state index >= 15 is 0 Å². The Bertz CT molecular complexity index is 729. The minimum atomic E-state index is -1.78. The Morgan fingerprint density at radius 3 is 2.90 bits per heavy atom. The first-order valence-electron chi connectivity index (χ1n) is 6.05. The number of nitriles is 1.